The third-order valence-electron chi connectivity index (χ3n) is 4.06. The van der Waals surface area contributed by atoms with Crippen LogP contribution in [-0.4, -0.2) is 29.7 Å². The van der Waals surface area contributed by atoms with Crippen molar-refractivity contribution in [3.8, 4) is 0 Å². The number of amides is 1. The maximum absolute atomic E-state index is 12.5. The van der Waals surface area contributed by atoms with E-state index >= 15 is 0 Å². The zero-order valence-electron chi connectivity index (χ0n) is 10.4. The Morgan fingerprint density at radius 2 is 1.83 bits per heavy atom. The average molecular weight is 243 g/mol. The smallest absolute Gasteiger partial charge is 0.230 e. The molecule has 1 aromatic carbocycles. The highest BCUT2D eigenvalue weighted by molar-refractivity contribution is 5.87. The maximum atomic E-state index is 12.5. The van der Waals surface area contributed by atoms with Gasteiger partial charge in [-0.05, 0) is 24.0 Å². The zero-order chi connectivity index (χ0) is 12.5. The lowest BCUT2D eigenvalue weighted by Gasteiger charge is -2.28. The highest BCUT2D eigenvalue weighted by atomic mass is 16.2. The first-order chi connectivity index (χ1) is 8.75. The molecule has 1 fully saturated rings. The third kappa shape index (κ3) is 1.94. The van der Waals surface area contributed by atoms with Crippen molar-refractivity contribution in [2.75, 3.05) is 13.1 Å². The quantitative estimate of drug-likeness (QED) is 0.755. The minimum absolute atomic E-state index is 0.0226. The first kappa shape index (κ1) is 11.5. The number of piperidine rings is 1. The van der Waals surface area contributed by atoms with Gasteiger partial charge >= 0.3 is 0 Å². The van der Waals surface area contributed by atoms with Crippen molar-refractivity contribution in [1.82, 2.24) is 4.90 Å². The molecule has 0 spiro atoms. The molecule has 3 nitrogen and oxygen atoms in total. The molecule has 3 rings (SSSR count). The van der Waals surface area contributed by atoms with Crippen molar-refractivity contribution in [2.24, 2.45) is 0 Å². The van der Waals surface area contributed by atoms with Crippen LogP contribution in [0.3, 0.4) is 0 Å². The number of likely N-dealkylation sites (tertiary alicyclic amines) is 1. The standard InChI is InChI=1S/C15H17NO2/c17-12-7-9-16(10-8-12)15(18)14-6-5-11-3-1-2-4-13(11)14/h1-4,14H,5-10H2/t14-/m0/s1. The molecule has 0 radical (unpaired) electrons. The minimum atomic E-state index is 0.0226. The number of hydrogen-bond donors (Lipinski definition) is 0. The van der Waals surface area contributed by atoms with Crippen molar-refractivity contribution in [3.05, 3.63) is 35.4 Å². The maximum Gasteiger partial charge on any atom is 0.230 e. The summed E-state index contributed by atoms with van der Waals surface area (Å²) in [5.74, 6) is 0.521. The van der Waals surface area contributed by atoms with E-state index in [1.807, 2.05) is 17.0 Å². The molecule has 0 bridgehead atoms. The Morgan fingerprint density at radius 1 is 1.11 bits per heavy atom. The van der Waals surface area contributed by atoms with Crippen LogP contribution in [0.4, 0.5) is 0 Å². The Morgan fingerprint density at radius 3 is 2.61 bits per heavy atom. The van der Waals surface area contributed by atoms with E-state index in [-0.39, 0.29) is 17.6 Å². The van der Waals surface area contributed by atoms with Crippen LogP contribution in [0.5, 0.6) is 0 Å². The molecule has 0 unspecified atom stereocenters. The van der Waals surface area contributed by atoms with E-state index in [0.717, 1.165) is 12.8 Å². The van der Waals surface area contributed by atoms with Gasteiger partial charge in [0.25, 0.3) is 0 Å². The van der Waals surface area contributed by atoms with Gasteiger partial charge < -0.3 is 4.90 Å². The van der Waals surface area contributed by atoms with Crippen LogP contribution in [0, 0.1) is 0 Å². The van der Waals surface area contributed by atoms with Gasteiger partial charge in [-0.3, -0.25) is 9.59 Å². The Kier molecular flexibility index (Phi) is 2.90. The Bertz CT molecular complexity index is 485. The van der Waals surface area contributed by atoms with Crippen molar-refractivity contribution < 1.29 is 9.59 Å². The highest BCUT2D eigenvalue weighted by Crippen LogP contribution is 2.34. The van der Waals surface area contributed by atoms with E-state index in [9.17, 15) is 9.59 Å². The summed E-state index contributed by atoms with van der Waals surface area (Å²) in [5, 5.41) is 0. The molecule has 1 atom stereocenters. The summed E-state index contributed by atoms with van der Waals surface area (Å²) in [6.45, 7) is 1.21. The van der Waals surface area contributed by atoms with Crippen LogP contribution in [0.2, 0.25) is 0 Å². The van der Waals surface area contributed by atoms with Crippen LogP contribution < -0.4 is 0 Å². The topological polar surface area (TPSA) is 37.4 Å². The number of aryl methyl sites for hydroxylation is 1. The summed E-state index contributed by atoms with van der Waals surface area (Å²) >= 11 is 0. The Labute approximate surface area is 107 Å². The number of benzene rings is 1. The van der Waals surface area contributed by atoms with Crippen molar-refractivity contribution in [1.29, 1.82) is 0 Å². The predicted molar refractivity (Wildman–Crippen MR) is 68.3 cm³/mol. The van der Waals surface area contributed by atoms with Gasteiger partial charge in [-0.2, -0.15) is 0 Å². The number of carbonyl (C=O) groups excluding carboxylic acids is 2. The lowest BCUT2D eigenvalue weighted by Crippen LogP contribution is -2.40. The molecule has 0 N–H and O–H groups in total. The second-order valence-electron chi connectivity index (χ2n) is 5.15. The van der Waals surface area contributed by atoms with Crippen LogP contribution in [-0.2, 0) is 16.0 Å². The normalized spacial score (nSPS) is 23.0. The van der Waals surface area contributed by atoms with Gasteiger partial charge in [-0.15, -0.1) is 0 Å². The van der Waals surface area contributed by atoms with Gasteiger partial charge in [-0.1, -0.05) is 24.3 Å². The zero-order valence-corrected chi connectivity index (χ0v) is 10.4. The summed E-state index contributed by atoms with van der Waals surface area (Å²) in [7, 11) is 0. The molecule has 94 valence electrons. The number of fused-ring (bicyclic) bond motifs is 1. The number of ketones is 1. The lowest BCUT2D eigenvalue weighted by molar-refractivity contribution is -0.135. The number of nitrogens with zero attached hydrogens (tertiary/aromatic N) is 1. The summed E-state index contributed by atoms with van der Waals surface area (Å²) in [4.78, 5) is 25.6. The van der Waals surface area contributed by atoms with Crippen LogP contribution in [0.1, 0.15) is 36.3 Å². The molecule has 0 saturated carbocycles. The summed E-state index contributed by atoms with van der Waals surface area (Å²) < 4.78 is 0. The first-order valence-corrected chi connectivity index (χ1v) is 6.64. The molecule has 1 amide bonds. The molecule has 2 aliphatic rings. The summed E-state index contributed by atoms with van der Waals surface area (Å²) in [6.07, 6.45) is 2.97. The fraction of sp³-hybridized carbons (Fsp3) is 0.467. The van der Waals surface area contributed by atoms with Crippen molar-refractivity contribution in [2.45, 2.75) is 31.6 Å². The second-order valence-corrected chi connectivity index (χ2v) is 5.15. The molecular formula is C15H17NO2. The fourth-order valence-electron chi connectivity index (χ4n) is 3.01. The molecule has 3 heteroatoms. The monoisotopic (exact) mass is 243 g/mol. The number of carbonyl (C=O) groups is 2. The van der Waals surface area contributed by atoms with E-state index in [0.29, 0.717) is 25.9 Å². The van der Waals surface area contributed by atoms with E-state index in [4.69, 9.17) is 0 Å². The number of Topliss-reactive ketones (excluding diaryl/α,β-unsaturated/α-hetero) is 1. The van der Waals surface area contributed by atoms with Crippen LogP contribution >= 0.6 is 0 Å². The summed E-state index contributed by atoms with van der Waals surface area (Å²) in [5.41, 5.74) is 2.50. The Hall–Kier alpha value is -1.64. The lowest BCUT2D eigenvalue weighted by atomic mass is 9.98. The van der Waals surface area contributed by atoms with E-state index in [1.54, 1.807) is 0 Å². The van der Waals surface area contributed by atoms with Crippen molar-refractivity contribution >= 4 is 11.7 Å². The molecule has 1 heterocycles. The Balaban J connectivity index is 1.76. The largest absolute Gasteiger partial charge is 0.341 e. The van der Waals surface area contributed by atoms with Gasteiger partial charge in [0.1, 0.15) is 5.78 Å². The van der Waals surface area contributed by atoms with Gasteiger partial charge in [0.15, 0.2) is 0 Å². The molecule has 1 aliphatic carbocycles. The van der Waals surface area contributed by atoms with Gasteiger partial charge in [-0.25, -0.2) is 0 Å². The van der Waals surface area contributed by atoms with Crippen molar-refractivity contribution in [3.63, 3.8) is 0 Å². The fourth-order valence-corrected chi connectivity index (χ4v) is 3.01. The molecule has 18 heavy (non-hydrogen) atoms. The molecule has 0 aromatic heterocycles. The van der Waals surface area contributed by atoms with E-state index in [2.05, 4.69) is 12.1 Å². The van der Waals surface area contributed by atoms with Crippen LogP contribution in [0.15, 0.2) is 24.3 Å². The highest BCUT2D eigenvalue weighted by Gasteiger charge is 2.32. The minimum Gasteiger partial charge on any atom is -0.341 e. The van der Waals surface area contributed by atoms with E-state index in [1.165, 1.54) is 11.1 Å². The molecule has 1 saturated heterocycles. The molecule has 1 aromatic rings. The predicted octanol–water partition coefficient (Wildman–Crippen LogP) is 1.91. The second kappa shape index (κ2) is 4.56. The van der Waals surface area contributed by atoms with Crippen LogP contribution in [0.25, 0.3) is 0 Å². The van der Waals surface area contributed by atoms with Gasteiger partial charge in [0.05, 0.1) is 5.92 Å². The number of hydrogen-bond acceptors (Lipinski definition) is 2. The third-order valence-corrected chi connectivity index (χ3v) is 4.06. The number of rotatable bonds is 1. The summed E-state index contributed by atoms with van der Waals surface area (Å²) in [6, 6.07) is 8.22. The van der Waals surface area contributed by atoms with Gasteiger partial charge in [0.2, 0.25) is 5.91 Å². The first-order valence-electron chi connectivity index (χ1n) is 6.64. The molecular weight excluding hydrogens is 226 g/mol. The van der Waals surface area contributed by atoms with Gasteiger partial charge in [0, 0.05) is 25.9 Å². The average Bonchev–Trinajstić information content (AvgIpc) is 2.82. The van der Waals surface area contributed by atoms with E-state index < -0.39 is 0 Å². The SMILES string of the molecule is O=C1CCN(C(=O)[C@H]2CCc3ccccc32)CC1. The molecule has 1 aliphatic heterocycles.